The highest BCUT2D eigenvalue weighted by Crippen LogP contribution is 2.25. The van der Waals surface area contributed by atoms with Gasteiger partial charge in [-0.25, -0.2) is 0 Å². The van der Waals surface area contributed by atoms with Gasteiger partial charge in [0.25, 0.3) is 5.91 Å². The molecule has 7 heteroatoms. The molecule has 0 aliphatic rings. The number of para-hydroxylation sites is 1. The summed E-state index contributed by atoms with van der Waals surface area (Å²) >= 11 is 0. The predicted molar refractivity (Wildman–Crippen MR) is 110 cm³/mol. The lowest BCUT2D eigenvalue weighted by Crippen LogP contribution is -2.14. The van der Waals surface area contributed by atoms with Crippen LogP contribution in [0.5, 0.6) is 5.75 Å². The summed E-state index contributed by atoms with van der Waals surface area (Å²) in [6.07, 6.45) is 3.09. The molecule has 0 unspecified atom stereocenters. The standard InChI is InChI=1S/C22H19N3O4/c1-14-7-8-17(29-2)10-19(14)24-22(28)15(11-23)9-16-12-25(13-21(26)27)20-6-4-3-5-18(16)20/h3-10,12H,13H2,1-2H3,(H,24,28)(H,26,27)/b15-9+. The van der Waals surface area contributed by atoms with Gasteiger partial charge in [-0.3, -0.25) is 9.59 Å². The lowest BCUT2D eigenvalue weighted by atomic mass is 10.1. The number of carbonyl (C=O) groups excluding carboxylic acids is 1. The van der Waals surface area contributed by atoms with Crippen LogP contribution in [0.2, 0.25) is 0 Å². The van der Waals surface area contributed by atoms with Crippen molar-refractivity contribution in [2.24, 2.45) is 0 Å². The van der Waals surface area contributed by atoms with Crippen molar-refractivity contribution < 1.29 is 19.4 Å². The fourth-order valence-electron chi connectivity index (χ4n) is 3.02. The van der Waals surface area contributed by atoms with Gasteiger partial charge in [0.2, 0.25) is 0 Å². The lowest BCUT2D eigenvalue weighted by molar-refractivity contribution is -0.137. The molecule has 0 saturated heterocycles. The van der Waals surface area contributed by atoms with E-state index in [9.17, 15) is 14.9 Å². The number of nitriles is 1. The highest BCUT2D eigenvalue weighted by molar-refractivity contribution is 6.11. The first-order valence-corrected chi connectivity index (χ1v) is 8.80. The first-order chi connectivity index (χ1) is 13.9. The maximum atomic E-state index is 12.7. The van der Waals surface area contributed by atoms with Gasteiger partial charge in [-0.15, -0.1) is 0 Å². The molecule has 2 aromatic carbocycles. The van der Waals surface area contributed by atoms with Crippen molar-refractivity contribution in [3.63, 3.8) is 0 Å². The van der Waals surface area contributed by atoms with E-state index in [-0.39, 0.29) is 12.1 Å². The Morgan fingerprint density at radius 1 is 1.28 bits per heavy atom. The Bertz CT molecular complexity index is 1170. The lowest BCUT2D eigenvalue weighted by Gasteiger charge is -2.09. The van der Waals surface area contributed by atoms with Gasteiger partial charge in [0.1, 0.15) is 23.9 Å². The molecule has 3 aromatic rings. The summed E-state index contributed by atoms with van der Waals surface area (Å²) in [7, 11) is 1.53. The summed E-state index contributed by atoms with van der Waals surface area (Å²) in [6, 6.07) is 14.4. The van der Waals surface area contributed by atoms with Crippen molar-refractivity contribution in [1.29, 1.82) is 5.26 Å². The molecule has 1 amide bonds. The summed E-state index contributed by atoms with van der Waals surface area (Å²) in [5, 5.41) is 22.1. The average Bonchev–Trinajstić information content (AvgIpc) is 3.04. The SMILES string of the molecule is COc1ccc(C)c(NC(=O)/C(C#N)=C/c2cn(CC(=O)O)c3ccccc23)c1. The Morgan fingerprint density at radius 2 is 2.03 bits per heavy atom. The van der Waals surface area contributed by atoms with Crippen molar-refractivity contribution in [3.05, 3.63) is 65.4 Å². The van der Waals surface area contributed by atoms with Crippen molar-refractivity contribution in [3.8, 4) is 11.8 Å². The van der Waals surface area contributed by atoms with Crippen LogP contribution in [0.1, 0.15) is 11.1 Å². The van der Waals surface area contributed by atoms with Gasteiger partial charge < -0.3 is 19.7 Å². The quantitative estimate of drug-likeness (QED) is 0.495. The Kier molecular flexibility index (Phi) is 5.65. The molecule has 1 aromatic heterocycles. The number of ether oxygens (including phenoxy) is 1. The third-order valence-electron chi connectivity index (χ3n) is 4.48. The number of benzene rings is 2. The van der Waals surface area contributed by atoms with Crippen LogP contribution in [-0.4, -0.2) is 28.7 Å². The van der Waals surface area contributed by atoms with E-state index in [0.717, 1.165) is 10.9 Å². The van der Waals surface area contributed by atoms with E-state index in [0.29, 0.717) is 22.5 Å². The van der Waals surface area contributed by atoms with Gasteiger partial charge in [0, 0.05) is 34.4 Å². The Hall–Kier alpha value is -4.05. The van der Waals surface area contributed by atoms with Crippen LogP contribution in [0.4, 0.5) is 5.69 Å². The van der Waals surface area contributed by atoms with Gasteiger partial charge in [0.05, 0.1) is 7.11 Å². The number of anilines is 1. The summed E-state index contributed by atoms with van der Waals surface area (Å²) in [5.41, 5.74) is 2.59. The zero-order valence-electron chi connectivity index (χ0n) is 16.0. The number of hydrogen-bond acceptors (Lipinski definition) is 4. The number of hydrogen-bond donors (Lipinski definition) is 2. The van der Waals surface area contributed by atoms with Crippen molar-refractivity contribution in [2.45, 2.75) is 13.5 Å². The number of rotatable bonds is 6. The minimum Gasteiger partial charge on any atom is -0.497 e. The highest BCUT2D eigenvalue weighted by atomic mass is 16.5. The summed E-state index contributed by atoms with van der Waals surface area (Å²) in [5.74, 6) is -0.947. The summed E-state index contributed by atoms with van der Waals surface area (Å²) in [4.78, 5) is 23.8. The molecule has 29 heavy (non-hydrogen) atoms. The maximum absolute atomic E-state index is 12.7. The van der Waals surface area contributed by atoms with Gasteiger partial charge in [0.15, 0.2) is 0 Å². The highest BCUT2D eigenvalue weighted by Gasteiger charge is 2.14. The Labute approximate surface area is 167 Å². The normalized spacial score (nSPS) is 11.1. The molecule has 0 bridgehead atoms. The molecule has 0 spiro atoms. The first-order valence-electron chi connectivity index (χ1n) is 8.80. The smallest absolute Gasteiger partial charge is 0.323 e. The van der Waals surface area contributed by atoms with Gasteiger partial charge >= 0.3 is 5.97 Å². The molecular formula is C22H19N3O4. The molecule has 0 aliphatic carbocycles. The molecule has 0 radical (unpaired) electrons. The van der Waals surface area contributed by atoms with Crippen LogP contribution in [0, 0.1) is 18.3 Å². The third kappa shape index (κ3) is 4.28. The van der Waals surface area contributed by atoms with E-state index in [4.69, 9.17) is 9.84 Å². The van der Waals surface area contributed by atoms with E-state index in [2.05, 4.69) is 5.32 Å². The fourth-order valence-corrected chi connectivity index (χ4v) is 3.02. The van der Waals surface area contributed by atoms with E-state index < -0.39 is 11.9 Å². The largest absolute Gasteiger partial charge is 0.497 e. The molecule has 3 rings (SSSR count). The van der Waals surface area contributed by atoms with E-state index in [1.807, 2.05) is 31.2 Å². The number of carbonyl (C=O) groups is 2. The van der Waals surface area contributed by atoms with Crippen molar-refractivity contribution in [1.82, 2.24) is 4.57 Å². The number of aryl methyl sites for hydroxylation is 1. The summed E-state index contributed by atoms with van der Waals surface area (Å²) < 4.78 is 6.75. The molecule has 2 N–H and O–H groups in total. The monoisotopic (exact) mass is 389 g/mol. The third-order valence-corrected chi connectivity index (χ3v) is 4.48. The topological polar surface area (TPSA) is 104 Å². The molecular weight excluding hydrogens is 370 g/mol. The van der Waals surface area contributed by atoms with Crippen molar-refractivity contribution >= 4 is 34.5 Å². The van der Waals surface area contributed by atoms with Crippen LogP contribution in [0.25, 0.3) is 17.0 Å². The van der Waals surface area contributed by atoms with Gasteiger partial charge in [-0.05, 0) is 30.7 Å². The Balaban J connectivity index is 1.97. The zero-order chi connectivity index (χ0) is 21.0. The number of amides is 1. The number of carboxylic acid groups (broad SMARTS) is 1. The number of carboxylic acids is 1. The number of aliphatic carboxylic acids is 1. The minimum absolute atomic E-state index is 0.0922. The fraction of sp³-hybridized carbons (Fsp3) is 0.136. The van der Waals surface area contributed by atoms with Crippen LogP contribution in [0.15, 0.2) is 54.2 Å². The van der Waals surface area contributed by atoms with Crippen LogP contribution < -0.4 is 10.1 Å². The second kappa shape index (κ2) is 8.31. The van der Waals surface area contributed by atoms with E-state index in [1.165, 1.54) is 13.2 Å². The van der Waals surface area contributed by atoms with Gasteiger partial charge in [-0.2, -0.15) is 5.26 Å². The number of nitrogens with zero attached hydrogens (tertiary/aromatic N) is 2. The molecule has 0 atom stereocenters. The maximum Gasteiger partial charge on any atom is 0.323 e. The average molecular weight is 389 g/mol. The molecule has 0 fully saturated rings. The first kappa shape index (κ1) is 19.7. The number of methoxy groups -OCH3 is 1. The molecule has 146 valence electrons. The van der Waals surface area contributed by atoms with Gasteiger partial charge in [-0.1, -0.05) is 24.3 Å². The molecule has 7 nitrogen and oxygen atoms in total. The number of aromatic nitrogens is 1. The molecule has 0 aliphatic heterocycles. The van der Waals surface area contributed by atoms with Crippen LogP contribution in [0.3, 0.4) is 0 Å². The predicted octanol–water partition coefficient (Wildman–Crippen LogP) is 3.59. The van der Waals surface area contributed by atoms with Crippen molar-refractivity contribution in [2.75, 3.05) is 12.4 Å². The van der Waals surface area contributed by atoms with E-state index >= 15 is 0 Å². The second-order valence-electron chi connectivity index (χ2n) is 6.43. The van der Waals surface area contributed by atoms with E-state index in [1.54, 1.807) is 35.0 Å². The molecule has 0 saturated carbocycles. The van der Waals surface area contributed by atoms with Crippen LogP contribution >= 0.6 is 0 Å². The second-order valence-corrected chi connectivity index (χ2v) is 6.43. The number of fused-ring (bicyclic) bond motifs is 1. The molecule has 1 heterocycles. The zero-order valence-corrected chi connectivity index (χ0v) is 16.0. The van der Waals surface area contributed by atoms with Crippen LogP contribution in [-0.2, 0) is 16.1 Å². The number of nitrogens with one attached hydrogen (secondary N) is 1. The Morgan fingerprint density at radius 3 is 2.72 bits per heavy atom. The summed E-state index contributed by atoms with van der Waals surface area (Å²) in [6.45, 7) is 1.62. The minimum atomic E-state index is -0.979.